The third kappa shape index (κ3) is 5.86. The van der Waals surface area contributed by atoms with Gasteiger partial charge in [0, 0.05) is 0 Å². The van der Waals surface area contributed by atoms with Crippen molar-refractivity contribution in [1.82, 2.24) is 0 Å². The molecule has 0 saturated heterocycles. The van der Waals surface area contributed by atoms with Gasteiger partial charge in [0.25, 0.3) is 0 Å². The van der Waals surface area contributed by atoms with Crippen LogP contribution in [0.1, 0.15) is 52.2 Å². The molecule has 1 aromatic rings. The minimum Gasteiger partial charge on any atom is -0.0773 e. The Hall–Kier alpha value is -1.30. The third-order valence-corrected chi connectivity index (χ3v) is 2.41. The molecule has 0 saturated carbocycles. The summed E-state index contributed by atoms with van der Waals surface area (Å²) < 4.78 is 0. The minimum atomic E-state index is 0.594. The van der Waals surface area contributed by atoms with E-state index in [4.69, 9.17) is 0 Å². The summed E-state index contributed by atoms with van der Waals surface area (Å²) in [5.41, 5.74) is 4.00. The molecule has 1 aliphatic carbocycles. The van der Waals surface area contributed by atoms with Crippen molar-refractivity contribution in [2.45, 2.75) is 48.0 Å². The fourth-order valence-corrected chi connectivity index (χ4v) is 1.59. The molecule has 2 rings (SSSR count). The van der Waals surface area contributed by atoms with Crippen LogP contribution in [-0.2, 0) is 0 Å². The Labute approximate surface area is 113 Å². The van der Waals surface area contributed by atoms with Crippen molar-refractivity contribution in [3.63, 3.8) is 0 Å². The lowest BCUT2D eigenvalue weighted by Crippen LogP contribution is -1.80. The van der Waals surface area contributed by atoms with Crippen LogP contribution in [0.15, 0.2) is 42.5 Å². The van der Waals surface area contributed by atoms with E-state index in [9.17, 15) is 0 Å². The van der Waals surface area contributed by atoms with Gasteiger partial charge < -0.3 is 0 Å². The first kappa shape index (κ1) is 16.7. The first-order chi connectivity index (χ1) is 8.67. The monoisotopic (exact) mass is 244 g/mol. The van der Waals surface area contributed by atoms with E-state index < -0.39 is 0 Å². The van der Waals surface area contributed by atoms with Gasteiger partial charge in [0.15, 0.2) is 0 Å². The summed E-state index contributed by atoms with van der Waals surface area (Å²) in [6.07, 6.45) is 7.98. The van der Waals surface area contributed by atoms with Crippen molar-refractivity contribution in [3.8, 4) is 0 Å². The quantitative estimate of drug-likeness (QED) is 0.566. The Morgan fingerprint density at radius 3 is 1.89 bits per heavy atom. The molecule has 0 amide bonds. The van der Waals surface area contributed by atoms with Crippen LogP contribution in [0.3, 0.4) is 0 Å². The van der Waals surface area contributed by atoms with Gasteiger partial charge in [-0.05, 0) is 24.0 Å². The average molecular weight is 244 g/mol. The summed E-state index contributed by atoms with van der Waals surface area (Å²) >= 11 is 0. The summed E-state index contributed by atoms with van der Waals surface area (Å²) in [4.78, 5) is 0. The van der Waals surface area contributed by atoms with Crippen LogP contribution in [0.2, 0.25) is 0 Å². The van der Waals surface area contributed by atoms with Gasteiger partial charge in [-0.3, -0.25) is 0 Å². The first-order valence-electron chi connectivity index (χ1n) is 7.14. The van der Waals surface area contributed by atoms with E-state index in [1.54, 1.807) is 0 Å². The van der Waals surface area contributed by atoms with Crippen LogP contribution in [0.5, 0.6) is 0 Å². The van der Waals surface area contributed by atoms with E-state index in [-0.39, 0.29) is 0 Å². The molecule has 1 atom stereocenters. The van der Waals surface area contributed by atoms with Crippen LogP contribution in [0.25, 0.3) is 5.57 Å². The Kier molecular flexibility index (Phi) is 9.00. The molecular formula is C18H28. The van der Waals surface area contributed by atoms with Gasteiger partial charge in [0.2, 0.25) is 0 Å². The predicted octanol–water partition coefficient (Wildman–Crippen LogP) is 6.03. The summed E-state index contributed by atoms with van der Waals surface area (Å²) in [6, 6.07) is 8.69. The summed E-state index contributed by atoms with van der Waals surface area (Å²) in [5.74, 6) is 0.594. The first-order valence-corrected chi connectivity index (χ1v) is 7.14. The number of aryl methyl sites for hydroxylation is 1. The average Bonchev–Trinajstić information content (AvgIpc) is 2.80. The highest BCUT2D eigenvalue weighted by Crippen LogP contribution is 2.24. The van der Waals surface area contributed by atoms with Gasteiger partial charge >= 0.3 is 0 Å². The Morgan fingerprint density at radius 2 is 1.50 bits per heavy atom. The zero-order chi connectivity index (χ0) is 14.0. The van der Waals surface area contributed by atoms with Crippen molar-refractivity contribution in [1.29, 1.82) is 0 Å². The lowest BCUT2D eigenvalue weighted by Gasteiger charge is -2.00. The number of hydrogen-bond donors (Lipinski definition) is 0. The molecule has 100 valence electrons. The molecule has 0 aliphatic heterocycles. The third-order valence-electron chi connectivity index (χ3n) is 2.41. The van der Waals surface area contributed by atoms with Crippen molar-refractivity contribution >= 4 is 5.57 Å². The van der Waals surface area contributed by atoms with Crippen molar-refractivity contribution in [2.24, 2.45) is 5.92 Å². The molecule has 0 bridgehead atoms. The molecule has 0 nitrogen and oxygen atoms in total. The number of hydrogen-bond acceptors (Lipinski definition) is 0. The number of rotatable bonds is 1. The fourth-order valence-electron chi connectivity index (χ4n) is 1.59. The van der Waals surface area contributed by atoms with Crippen molar-refractivity contribution in [3.05, 3.63) is 53.6 Å². The number of benzene rings is 1. The zero-order valence-corrected chi connectivity index (χ0v) is 12.8. The second-order valence-corrected chi connectivity index (χ2v) is 4.41. The molecule has 0 aromatic heterocycles. The van der Waals surface area contributed by atoms with E-state index in [0.29, 0.717) is 5.92 Å². The van der Waals surface area contributed by atoms with Crippen LogP contribution in [0, 0.1) is 12.8 Å². The molecule has 0 N–H and O–H groups in total. The van der Waals surface area contributed by atoms with Gasteiger partial charge in [-0.1, -0.05) is 89.1 Å². The highest BCUT2D eigenvalue weighted by atomic mass is 14.1. The molecule has 0 heterocycles. The normalized spacial score (nSPS) is 16.1. The van der Waals surface area contributed by atoms with Gasteiger partial charge in [-0.2, -0.15) is 0 Å². The Morgan fingerprint density at radius 1 is 1.00 bits per heavy atom. The Balaban J connectivity index is 0.000000509. The molecule has 1 unspecified atom stereocenters. The predicted molar refractivity (Wildman–Crippen MR) is 84.8 cm³/mol. The molecule has 0 heteroatoms. The lowest BCUT2D eigenvalue weighted by molar-refractivity contribution is 0.959. The largest absolute Gasteiger partial charge is 0.0773 e. The zero-order valence-electron chi connectivity index (χ0n) is 12.8. The van der Waals surface area contributed by atoms with Gasteiger partial charge in [-0.25, -0.2) is 0 Å². The Bertz CT molecular complexity index is 366. The molecule has 1 aromatic carbocycles. The van der Waals surface area contributed by atoms with E-state index in [0.717, 1.165) is 0 Å². The molecule has 18 heavy (non-hydrogen) atoms. The second kappa shape index (κ2) is 9.70. The highest BCUT2D eigenvalue weighted by molar-refractivity contribution is 5.76. The fraction of sp³-hybridized carbons (Fsp3) is 0.444. The maximum atomic E-state index is 2.30. The molecule has 0 fully saturated rings. The van der Waals surface area contributed by atoms with Crippen LogP contribution in [-0.4, -0.2) is 0 Å². The maximum absolute atomic E-state index is 2.30. The molecular weight excluding hydrogens is 216 g/mol. The smallest absolute Gasteiger partial charge is 0.00693 e. The van der Waals surface area contributed by atoms with E-state index in [2.05, 4.69) is 70.2 Å². The van der Waals surface area contributed by atoms with Crippen LogP contribution in [0.4, 0.5) is 0 Å². The van der Waals surface area contributed by atoms with E-state index >= 15 is 0 Å². The summed E-state index contributed by atoms with van der Waals surface area (Å²) in [7, 11) is 0. The van der Waals surface area contributed by atoms with E-state index in [1.807, 2.05) is 13.8 Å². The standard InChI is InChI=1S/C13H14.C3H8.C2H6/c1-10-3-6-12(7-4-10)13-8-5-11(2)9-13;1-3-2;1-2/h3-9,11H,1-2H3;3H2,1-2H3;1-2H3. The topological polar surface area (TPSA) is 0 Å². The second-order valence-electron chi connectivity index (χ2n) is 4.41. The summed E-state index contributed by atoms with van der Waals surface area (Å²) in [5, 5.41) is 0. The van der Waals surface area contributed by atoms with Gasteiger partial charge in [0.05, 0.1) is 0 Å². The highest BCUT2D eigenvalue weighted by Gasteiger charge is 2.05. The van der Waals surface area contributed by atoms with E-state index in [1.165, 1.54) is 23.1 Å². The van der Waals surface area contributed by atoms with Crippen molar-refractivity contribution < 1.29 is 0 Å². The van der Waals surface area contributed by atoms with Gasteiger partial charge in [0.1, 0.15) is 0 Å². The SMILES string of the molecule is CC.CCC.Cc1ccc(C2=CC(C)C=C2)cc1. The maximum Gasteiger partial charge on any atom is -0.00693 e. The molecule has 1 aliphatic rings. The van der Waals surface area contributed by atoms with Crippen molar-refractivity contribution in [2.75, 3.05) is 0 Å². The van der Waals surface area contributed by atoms with Crippen LogP contribution < -0.4 is 0 Å². The molecule has 0 radical (unpaired) electrons. The number of allylic oxidation sites excluding steroid dienone is 4. The van der Waals surface area contributed by atoms with Crippen LogP contribution >= 0.6 is 0 Å². The minimum absolute atomic E-state index is 0.594. The van der Waals surface area contributed by atoms with Gasteiger partial charge in [-0.15, -0.1) is 0 Å². The lowest BCUT2D eigenvalue weighted by atomic mass is 10.1. The molecule has 0 spiro atoms. The summed E-state index contributed by atoms with van der Waals surface area (Å²) in [6.45, 7) is 12.6.